The molecule has 13 heavy (non-hydrogen) atoms. The minimum absolute atomic E-state index is 0.174. The molecule has 4 nitrogen and oxygen atoms in total. The van der Waals surface area contributed by atoms with Crippen LogP contribution in [0.3, 0.4) is 0 Å². The molecule has 1 heterocycles. The highest BCUT2D eigenvalue weighted by Crippen LogP contribution is 2.38. The van der Waals surface area contributed by atoms with Crippen molar-refractivity contribution in [2.24, 2.45) is 0 Å². The molecule has 1 radical (unpaired) electrons. The van der Waals surface area contributed by atoms with Crippen LogP contribution in [0.15, 0.2) is 11.6 Å². The molecule has 4 heteroatoms. The van der Waals surface area contributed by atoms with Gasteiger partial charge in [-0.05, 0) is 33.8 Å². The first kappa shape index (κ1) is 10.2. The molecular formula is C9H14NO3. The first-order valence-electron chi connectivity index (χ1n) is 4.13. The lowest BCUT2D eigenvalue weighted by molar-refractivity contribution is -0.239. The van der Waals surface area contributed by atoms with E-state index in [4.69, 9.17) is 5.11 Å². The van der Waals surface area contributed by atoms with Gasteiger partial charge in [0.15, 0.2) is 0 Å². The fourth-order valence-corrected chi connectivity index (χ4v) is 1.74. The minimum atomic E-state index is -1.02. The molecule has 0 amide bonds. The Balaban J connectivity index is 3.17. The van der Waals surface area contributed by atoms with Crippen molar-refractivity contribution in [2.75, 3.05) is 0 Å². The Labute approximate surface area is 77.4 Å². The lowest BCUT2D eigenvalue weighted by Crippen LogP contribution is -2.47. The first-order valence-corrected chi connectivity index (χ1v) is 4.13. The molecule has 0 fully saturated rings. The Morgan fingerprint density at radius 1 is 1.38 bits per heavy atom. The quantitative estimate of drug-likeness (QED) is 0.666. The summed E-state index contributed by atoms with van der Waals surface area (Å²) in [6, 6.07) is 0. The van der Waals surface area contributed by atoms with E-state index in [1.807, 2.05) is 0 Å². The highest BCUT2D eigenvalue weighted by Gasteiger charge is 2.48. The van der Waals surface area contributed by atoms with Crippen molar-refractivity contribution in [3.8, 4) is 0 Å². The summed E-state index contributed by atoms with van der Waals surface area (Å²) >= 11 is 0. The summed E-state index contributed by atoms with van der Waals surface area (Å²) in [7, 11) is 0. The maximum atomic E-state index is 11.7. The smallest absolute Gasteiger partial charge is 0.333 e. The molecule has 0 unspecified atom stereocenters. The lowest BCUT2D eigenvalue weighted by Gasteiger charge is -2.32. The third kappa shape index (κ3) is 1.36. The molecule has 0 aromatic rings. The van der Waals surface area contributed by atoms with Gasteiger partial charge >= 0.3 is 5.97 Å². The highest BCUT2D eigenvalue weighted by molar-refractivity contribution is 5.90. The standard InChI is InChI=1S/C9H14NO3/c1-8(2)5-6(7(11)12)9(3,4)10(8)13/h5H,1-4H3,(H,11,12). The van der Waals surface area contributed by atoms with E-state index in [1.54, 1.807) is 27.7 Å². The van der Waals surface area contributed by atoms with Gasteiger partial charge in [0.2, 0.25) is 0 Å². The van der Waals surface area contributed by atoms with Gasteiger partial charge in [0.05, 0.1) is 16.7 Å². The average molecular weight is 184 g/mol. The number of hydrogen-bond acceptors (Lipinski definition) is 2. The fraction of sp³-hybridized carbons (Fsp3) is 0.667. The van der Waals surface area contributed by atoms with Crippen LogP contribution < -0.4 is 0 Å². The Hall–Kier alpha value is -0.870. The van der Waals surface area contributed by atoms with E-state index >= 15 is 0 Å². The SMILES string of the molecule is CC1(C)C=C(C(=O)O)C(C)(C)N1[O]. The van der Waals surface area contributed by atoms with Crippen molar-refractivity contribution in [2.45, 2.75) is 38.8 Å². The zero-order valence-corrected chi connectivity index (χ0v) is 8.29. The number of carboxylic acids is 1. The number of nitrogens with zero attached hydrogens (tertiary/aromatic N) is 1. The molecule has 0 atom stereocenters. The number of hydrogen-bond donors (Lipinski definition) is 1. The summed E-state index contributed by atoms with van der Waals surface area (Å²) in [5, 5.41) is 21.4. The highest BCUT2D eigenvalue weighted by atomic mass is 16.5. The summed E-state index contributed by atoms with van der Waals surface area (Å²) in [5.74, 6) is -1.02. The van der Waals surface area contributed by atoms with Crippen LogP contribution in [0.5, 0.6) is 0 Å². The molecule has 0 aromatic heterocycles. The van der Waals surface area contributed by atoms with Crippen LogP contribution in [-0.4, -0.2) is 27.2 Å². The van der Waals surface area contributed by atoms with Gasteiger partial charge in [-0.2, -0.15) is 0 Å². The monoisotopic (exact) mass is 184 g/mol. The van der Waals surface area contributed by atoms with E-state index in [1.165, 1.54) is 6.08 Å². The fourth-order valence-electron chi connectivity index (χ4n) is 1.74. The Bertz CT molecular complexity index is 279. The minimum Gasteiger partial charge on any atom is -0.478 e. The second-order valence-corrected chi connectivity index (χ2v) is 4.37. The van der Waals surface area contributed by atoms with Crippen molar-refractivity contribution in [3.63, 3.8) is 0 Å². The normalized spacial score (nSPS) is 25.8. The van der Waals surface area contributed by atoms with E-state index in [-0.39, 0.29) is 5.57 Å². The molecule has 0 saturated carbocycles. The van der Waals surface area contributed by atoms with Crippen LogP contribution in [0.4, 0.5) is 0 Å². The van der Waals surface area contributed by atoms with Crippen LogP contribution in [-0.2, 0) is 10.0 Å². The largest absolute Gasteiger partial charge is 0.478 e. The maximum absolute atomic E-state index is 11.7. The number of rotatable bonds is 1. The van der Waals surface area contributed by atoms with Crippen molar-refractivity contribution >= 4 is 5.97 Å². The molecule has 73 valence electrons. The van der Waals surface area contributed by atoms with E-state index in [9.17, 15) is 10.0 Å². The van der Waals surface area contributed by atoms with E-state index in [2.05, 4.69) is 0 Å². The van der Waals surface area contributed by atoms with Gasteiger partial charge in [0.1, 0.15) is 0 Å². The second kappa shape index (κ2) is 2.56. The third-order valence-electron chi connectivity index (χ3n) is 2.42. The van der Waals surface area contributed by atoms with Crippen LogP contribution in [0.1, 0.15) is 27.7 Å². The number of hydroxylamine groups is 2. The van der Waals surface area contributed by atoms with Gasteiger partial charge < -0.3 is 5.11 Å². The van der Waals surface area contributed by atoms with Crippen molar-refractivity contribution in [1.82, 2.24) is 5.06 Å². The van der Waals surface area contributed by atoms with Crippen LogP contribution >= 0.6 is 0 Å². The summed E-state index contributed by atoms with van der Waals surface area (Å²) in [4.78, 5) is 10.8. The molecule has 0 bridgehead atoms. The lowest BCUT2D eigenvalue weighted by atomic mass is 9.97. The summed E-state index contributed by atoms with van der Waals surface area (Å²) in [6.45, 7) is 6.65. The first-order chi connectivity index (χ1) is 5.69. The van der Waals surface area contributed by atoms with Crippen molar-refractivity contribution < 1.29 is 15.1 Å². The molecule has 1 rings (SSSR count). The zero-order chi connectivity index (χ0) is 10.4. The molecule has 0 spiro atoms. The van der Waals surface area contributed by atoms with Gasteiger partial charge in [0.25, 0.3) is 0 Å². The van der Waals surface area contributed by atoms with Gasteiger partial charge in [-0.15, -0.1) is 10.3 Å². The topological polar surface area (TPSA) is 60.4 Å². The molecule has 0 aromatic carbocycles. The van der Waals surface area contributed by atoms with E-state index in [0.717, 1.165) is 5.06 Å². The Morgan fingerprint density at radius 2 is 1.85 bits per heavy atom. The van der Waals surface area contributed by atoms with E-state index < -0.39 is 17.0 Å². The summed E-state index contributed by atoms with van der Waals surface area (Å²) < 4.78 is 0. The Kier molecular flexibility index (Phi) is 2.01. The van der Waals surface area contributed by atoms with Crippen LogP contribution in [0.25, 0.3) is 0 Å². The third-order valence-corrected chi connectivity index (χ3v) is 2.42. The van der Waals surface area contributed by atoms with Crippen molar-refractivity contribution in [3.05, 3.63) is 11.6 Å². The van der Waals surface area contributed by atoms with Gasteiger partial charge in [-0.25, -0.2) is 4.79 Å². The molecule has 0 aliphatic carbocycles. The summed E-state index contributed by atoms with van der Waals surface area (Å²) in [5.41, 5.74) is -1.49. The average Bonchev–Trinajstić information content (AvgIpc) is 2.11. The molecule has 1 N–H and O–H groups in total. The van der Waals surface area contributed by atoms with Gasteiger partial charge in [-0.3, -0.25) is 0 Å². The molecule has 0 saturated heterocycles. The predicted molar refractivity (Wildman–Crippen MR) is 46.4 cm³/mol. The van der Waals surface area contributed by atoms with Crippen LogP contribution in [0.2, 0.25) is 0 Å². The van der Waals surface area contributed by atoms with Crippen molar-refractivity contribution in [1.29, 1.82) is 0 Å². The van der Waals surface area contributed by atoms with Crippen LogP contribution in [0, 0.1) is 0 Å². The van der Waals surface area contributed by atoms with Gasteiger partial charge in [0, 0.05) is 0 Å². The molecule has 1 aliphatic rings. The number of carbonyl (C=O) groups is 1. The number of carboxylic acid groups (broad SMARTS) is 1. The molecular weight excluding hydrogens is 170 g/mol. The molecule has 1 aliphatic heterocycles. The van der Waals surface area contributed by atoms with E-state index in [0.29, 0.717) is 0 Å². The van der Waals surface area contributed by atoms with Gasteiger partial charge in [-0.1, -0.05) is 0 Å². The number of aliphatic carboxylic acids is 1. The second-order valence-electron chi connectivity index (χ2n) is 4.37. The zero-order valence-electron chi connectivity index (χ0n) is 8.29. The summed E-state index contributed by atoms with van der Waals surface area (Å²) in [6.07, 6.45) is 1.52. The Morgan fingerprint density at radius 3 is 2.00 bits per heavy atom. The maximum Gasteiger partial charge on any atom is 0.333 e. The predicted octanol–water partition coefficient (Wildman–Crippen LogP) is 1.22.